The molecule has 0 aromatic rings. The van der Waals surface area contributed by atoms with Crippen LogP contribution in [0.1, 0.15) is 33.1 Å². The van der Waals surface area contributed by atoms with Crippen molar-refractivity contribution in [1.82, 2.24) is 0 Å². The van der Waals surface area contributed by atoms with Gasteiger partial charge < -0.3 is 24.1 Å². The van der Waals surface area contributed by atoms with Gasteiger partial charge in [0.05, 0.1) is 23.9 Å². The number of hydrogen-bond donors (Lipinski definition) is 1. The molecule has 4 heterocycles. The molecule has 7 heteroatoms. The first kappa shape index (κ1) is 13.3. The van der Waals surface area contributed by atoms with E-state index in [0.717, 1.165) is 0 Å². The Hall–Kier alpha value is -1.18. The van der Waals surface area contributed by atoms with Gasteiger partial charge in [-0.15, -0.1) is 0 Å². The lowest BCUT2D eigenvalue weighted by Crippen LogP contribution is -2.63. The highest BCUT2D eigenvalue weighted by Gasteiger charge is 2.83. The van der Waals surface area contributed by atoms with E-state index in [2.05, 4.69) is 0 Å². The lowest BCUT2D eigenvalue weighted by Gasteiger charge is -2.42. The van der Waals surface area contributed by atoms with Gasteiger partial charge in [0.25, 0.3) is 0 Å². The van der Waals surface area contributed by atoms with Crippen molar-refractivity contribution in [2.24, 2.45) is 11.8 Å². The Balaban J connectivity index is 1.75. The Morgan fingerprint density at radius 2 is 2.09 bits per heavy atom. The van der Waals surface area contributed by atoms with Crippen molar-refractivity contribution >= 4 is 11.9 Å². The summed E-state index contributed by atoms with van der Waals surface area (Å²) in [6.45, 7) is 3.65. The predicted molar refractivity (Wildman–Crippen MR) is 68.3 cm³/mol. The molecule has 1 saturated carbocycles. The molecule has 5 rings (SSSR count). The second-order valence-corrected chi connectivity index (χ2v) is 7.59. The fourth-order valence-corrected chi connectivity index (χ4v) is 5.51. The van der Waals surface area contributed by atoms with Crippen LogP contribution in [0.15, 0.2) is 0 Å². The third kappa shape index (κ3) is 1.19. The van der Waals surface area contributed by atoms with E-state index >= 15 is 0 Å². The number of carbonyl (C=O) groups excluding carboxylic acids is 2. The van der Waals surface area contributed by atoms with Crippen LogP contribution in [-0.4, -0.2) is 52.3 Å². The van der Waals surface area contributed by atoms with E-state index in [0.29, 0.717) is 12.8 Å². The summed E-state index contributed by atoms with van der Waals surface area (Å²) < 4.78 is 23.0. The summed E-state index contributed by atoms with van der Waals surface area (Å²) >= 11 is 0. The second-order valence-electron chi connectivity index (χ2n) is 7.59. The summed E-state index contributed by atoms with van der Waals surface area (Å²) in [7, 11) is 0. The minimum Gasteiger partial charge on any atom is -0.462 e. The van der Waals surface area contributed by atoms with E-state index in [1.54, 1.807) is 6.92 Å². The van der Waals surface area contributed by atoms with Gasteiger partial charge in [-0.2, -0.15) is 0 Å². The van der Waals surface area contributed by atoms with Gasteiger partial charge in [-0.05, 0) is 6.92 Å². The van der Waals surface area contributed by atoms with Gasteiger partial charge in [-0.25, -0.2) is 0 Å². The first-order valence-electron chi connectivity index (χ1n) is 7.77. The summed E-state index contributed by atoms with van der Waals surface area (Å²) in [4.78, 5) is 24.1. The molecule has 0 aromatic carbocycles. The third-order valence-electron chi connectivity index (χ3n) is 6.21. The summed E-state index contributed by atoms with van der Waals surface area (Å²) in [6.07, 6.45) is -0.990. The summed E-state index contributed by atoms with van der Waals surface area (Å²) in [5, 5.41) is 11.4. The van der Waals surface area contributed by atoms with Gasteiger partial charge in [-0.3, -0.25) is 9.59 Å². The van der Waals surface area contributed by atoms with Crippen LogP contribution in [0, 0.1) is 11.8 Å². The molecule has 0 amide bonds. The first-order chi connectivity index (χ1) is 10.3. The Kier molecular flexibility index (Phi) is 2.11. The van der Waals surface area contributed by atoms with E-state index in [-0.39, 0.29) is 12.4 Å². The van der Waals surface area contributed by atoms with Crippen LogP contribution in [-0.2, 0) is 28.5 Å². The van der Waals surface area contributed by atoms with E-state index in [1.165, 1.54) is 0 Å². The maximum atomic E-state index is 12.1. The highest BCUT2D eigenvalue weighted by molar-refractivity contribution is 5.78. The Labute approximate surface area is 126 Å². The van der Waals surface area contributed by atoms with E-state index in [1.807, 2.05) is 6.92 Å². The van der Waals surface area contributed by atoms with Crippen LogP contribution in [0.2, 0.25) is 0 Å². The molecular weight excluding hydrogens is 292 g/mol. The molecule has 0 radical (unpaired) electrons. The number of ether oxygens (including phenoxy) is 4. The van der Waals surface area contributed by atoms with E-state index in [4.69, 9.17) is 18.9 Å². The minimum absolute atomic E-state index is 0.0724. The van der Waals surface area contributed by atoms with Gasteiger partial charge in [0, 0.05) is 12.8 Å². The van der Waals surface area contributed by atoms with Crippen molar-refractivity contribution in [1.29, 1.82) is 0 Å². The summed E-state index contributed by atoms with van der Waals surface area (Å²) in [5.41, 5.74) is -3.34. The molecule has 1 N–H and O–H groups in total. The zero-order chi connectivity index (χ0) is 15.5. The molecule has 7 nitrogen and oxygen atoms in total. The van der Waals surface area contributed by atoms with Crippen LogP contribution in [0.25, 0.3) is 0 Å². The normalized spacial score (nSPS) is 61.5. The molecule has 4 saturated heterocycles. The topological polar surface area (TPSA) is 91.3 Å². The van der Waals surface area contributed by atoms with Gasteiger partial charge >= 0.3 is 11.9 Å². The van der Waals surface area contributed by atoms with E-state index < -0.39 is 53.1 Å². The van der Waals surface area contributed by atoms with Crippen molar-refractivity contribution in [2.45, 2.75) is 68.4 Å². The summed E-state index contributed by atoms with van der Waals surface area (Å²) in [6, 6.07) is 0. The SMILES string of the molecule is C[C@H]1C(=O)O[C@H]2C[C@@]3(C)C[C@]4(O)[C@@H](O[C@H]5CC(=O)O[C@]54[C@@H]21)O3. The maximum absolute atomic E-state index is 12.1. The van der Waals surface area contributed by atoms with Crippen LogP contribution in [0.3, 0.4) is 0 Å². The van der Waals surface area contributed by atoms with Crippen molar-refractivity contribution in [3.8, 4) is 0 Å². The molecule has 22 heavy (non-hydrogen) atoms. The van der Waals surface area contributed by atoms with Crippen molar-refractivity contribution < 1.29 is 33.6 Å². The molecule has 5 aliphatic rings. The van der Waals surface area contributed by atoms with Crippen LogP contribution < -0.4 is 0 Å². The second kappa shape index (κ2) is 3.49. The quantitative estimate of drug-likeness (QED) is 0.624. The fraction of sp³-hybridized carbons (Fsp3) is 0.867. The largest absolute Gasteiger partial charge is 0.462 e. The molecule has 8 atom stereocenters. The number of hydrogen-bond acceptors (Lipinski definition) is 7. The fourth-order valence-electron chi connectivity index (χ4n) is 5.51. The Morgan fingerprint density at radius 1 is 1.32 bits per heavy atom. The number of carbonyl (C=O) groups is 2. The van der Waals surface area contributed by atoms with Crippen molar-refractivity contribution in [2.75, 3.05) is 0 Å². The average molecular weight is 310 g/mol. The zero-order valence-corrected chi connectivity index (χ0v) is 12.4. The number of rotatable bonds is 0. The number of aliphatic hydroxyl groups is 1. The standard InChI is InChI=1S/C15H18O7/c1-6-10-7(19-11(6)17)4-13(2)5-14(18)12(22-13)20-8-3-9(16)21-15(8,10)14/h6-8,10,12,18H,3-5H2,1-2H3/t6-,7+,8+,10-,12+,13+,14+,15+/m1/s1. The third-order valence-corrected chi connectivity index (χ3v) is 6.21. The first-order valence-corrected chi connectivity index (χ1v) is 7.77. The van der Waals surface area contributed by atoms with Gasteiger partial charge in [0.2, 0.25) is 0 Å². The van der Waals surface area contributed by atoms with Gasteiger partial charge in [0.15, 0.2) is 17.5 Å². The highest BCUT2D eigenvalue weighted by Crippen LogP contribution is 2.65. The highest BCUT2D eigenvalue weighted by atomic mass is 16.7. The average Bonchev–Trinajstić information content (AvgIpc) is 2.98. The molecule has 0 aromatic heterocycles. The van der Waals surface area contributed by atoms with Crippen LogP contribution in [0.4, 0.5) is 0 Å². The molecule has 4 aliphatic heterocycles. The molecule has 120 valence electrons. The predicted octanol–water partition coefficient (Wildman–Crippen LogP) is -0.112. The molecule has 0 unspecified atom stereocenters. The number of fused-ring (bicyclic) bond motifs is 2. The monoisotopic (exact) mass is 310 g/mol. The van der Waals surface area contributed by atoms with E-state index in [9.17, 15) is 14.7 Å². The van der Waals surface area contributed by atoms with Gasteiger partial charge in [0.1, 0.15) is 12.2 Å². The molecule has 5 fully saturated rings. The molecular formula is C15H18O7. The Morgan fingerprint density at radius 3 is 2.86 bits per heavy atom. The van der Waals surface area contributed by atoms with Crippen molar-refractivity contribution in [3.63, 3.8) is 0 Å². The van der Waals surface area contributed by atoms with Crippen LogP contribution in [0.5, 0.6) is 0 Å². The lowest BCUT2D eigenvalue weighted by molar-refractivity contribution is -0.219. The summed E-state index contributed by atoms with van der Waals surface area (Å²) in [5.74, 6) is -1.58. The lowest BCUT2D eigenvalue weighted by atomic mass is 9.67. The van der Waals surface area contributed by atoms with Crippen molar-refractivity contribution in [3.05, 3.63) is 0 Å². The smallest absolute Gasteiger partial charge is 0.309 e. The minimum atomic E-state index is -1.43. The molecule has 2 bridgehead atoms. The van der Waals surface area contributed by atoms with Crippen LogP contribution >= 0.6 is 0 Å². The zero-order valence-electron chi connectivity index (χ0n) is 12.4. The number of esters is 2. The van der Waals surface area contributed by atoms with Gasteiger partial charge in [-0.1, -0.05) is 6.92 Å². The molecule has 1 aliphatic carbocycles. The Bertz CT molecular complexity index is 605. The molecule has 1 spiro atoms. The maximum Gasteiger partial charge on any atom is 0.309 e.